The van der Waals surface area contributed by atoms with Crippen LogP contribution in [0, 0.1) is 0 Å². The van der Waals surface area contributed by atoms with Crippen molar-refractivity contribution < 1.29 is 70.8 Å². The third kappa shape index (κ3) is 10.0. The van der Waals surface area contributed by atoms with Gasteiger partial charge in [0.05, 0.1) is 28.4 Å². The Balaban J connectivity index is 1.90. The maximum absolute atomic E-state index is 12.3. The van der Waals surface area contributed by atoms with Crippen molar-refractivity contribution >= 4 is 77.5 Å². The molecule has 22 heteroatoms. The molecule has 0 aliphatic carbocycles. The van der Waals surface area contributed by atoms with Gasteiger partial charge in [0, 0.05) is 0 Å². The zero-order chi connectivity index (χ0) is 39.5. The van der Waals surface area contributed by atoms with Crippen molar-refractivity contribution in [1.29, 1.82) is 0 Å². The van der Waals surface area contributed by atoms with Gasteiger partial charge in [0.1, 0.15) is 42.6 Å². The third-order valence-corrected chi connectivity index (χ3v) is 16.3. The fourth-order valence-electron chi connectivity index (χ4n) is 5.34. The Morgan fingerprint density at radius 1 is 0.415 bits per heavy atom. The van der Waals surface area contributed by atoms with E-state index in [9.17, 15) is 51.9 Å². The second-order valence-corrected chi connectivity index (χ2v) is 21.1. The number of methoxy groups -OCH3 is 4. The van der Waals surface area contributed by atoms with Gasteiger partial charge in [-0.1, -0.05) is 24.3 Å². The first-order valence-electron chi connectivity index (χ1n) is 14.8. The minimum Gasteiger partial charge on any atom is -0.495 e. The zero-order valence-electron chi connectivity index (χ0n) is 28.3. The predicted molar refractivity (Wildman–Crippen MR) is 198 cm³/mol. The van der Waals surface area contributed by atoms with Crippen molar-refractivity contribution in [1.82, 2.24) is 0 Å². The second kappa shape index (κ2) is 16.5. The Hall–Kier alpha value is -3.42. The lowest BCUT2D eigenvalue weighted by Gasteiger charge is -2.24. The van der Waals surface area contributed by atoms with Gasteiger partial charge < -0.3 is 18.9 Å². The van der Waals surface area contributed by atoms with E-state index >= 15 is 0 Å². The summed E-state index contributed by atoms with van der Waals surface area (Å²) in [6.07, 6.45) is 0.606. The maximum atomic E-state index is 12.3. The summed E-state index contributed by atoms with van der Waals surface area (Å²) in [5, 5.41) is 1.39. The van der Waals surface area contributed by atoms with Crippen LogP contribution in [0.15, 0.2) is 92.4 Å². The molecular formula is C31H34O16P2S4. The molecule has 0 aromatic heterocycles. The van der Waals surface area contributed by atoms with Crippen LogP contribution in [-0.2, 0) is 40.5 Å². The monoisotopic (exact) mass is 852 g/mol. The second-order valence-electron chi connectivity index (χ2n) is 10.9. The van der Waals surface area contributed by atoms with E-state index in [0.29, 0.717) is 21.2 Å². The van der Waals surface area contributed by atoms with Crippen LogP contribution in [0.4, 0.5) is 0 Å². The van der Waals surface area contributed by atoms with Crippen LogP contribution in [0.25, 0.3) is 0 Å². The average molecular weight is 853 g/mol. The van der Waals surface area contributed by atoms with Crippen molar-refractivity contribution in [3.05, 3.63) is 72.8 Å². The van der Waals surface area contributed by atoms with Crippen LogP contribution in [0.5, 0.6) is 23.0 Å². The summed E-state index contributed by atoms with van der Waals surface area (Å²) < 4.78 is 159. The first-order chi connectivity index (χ1) is 24.6. The molecule has 0 saturated carbocycles. The van der Waals surface area contributed by atoms with Gasteiger partial charge in [0.25, 0.3) is 40.5 Å². The van der Waals surface area contributed by atoms with Crippen LogP contribution in [0.3, 0.4) is 0 Å². The Labute approximate surface area is 309 Å². The Morgan fingerprint density at radius 2 is 0.623 bits per heavy atom. The van der Waals surface area contributed by atoms with Gasteiger partial charge in [-0.2, -0.15) is 33.7 Å². The topological polar surface area (TPSA) is 254 Å². The van der Waals surface area contributed by atoms with Gasteiger partial charge in [-0.3, -0.25) is 18.2 Å². The van der Waals surface area contributed by atoms with E-state index in [1.807, 2.05) is 0 Å². The molecule has 0 aliphatic heterocycles. The van der Waals surface area contributed by atoms with E-state index in [4.69, 9.17) is 18.9 Å². The molecule has 0 heterocycles. The summed E-state index contributed by atoms with van der Waals surface area (Å²) >= 11 is 0. The van der Waals surface area contributed by atoms with Gasteiger partial charge in [-0.05, 0) is 104 Å². The smallest absolute Gasteiger partial charge is 0.298 e. The van der Waals surface area contributed by atoms with E-state index in [-0.39, 0.29) is 41.7 Å². The summed E-state index contributed by atoms with van der Waals surface area (Å²) in [4.78, 5) is -2.21. The third-order valence-electron chi connectivity index (χ3n) is 7.71. The van der Waals surface area contributed by atoms with Crippen molar-refractivity contribution in [3.63, 3.8) is 0 Å². The largest absolute Gasteiger partial charge is 0.495 e. The molecule has 0 spiro atoms. The van der Waals surface area contributed by atoms with Crippen molar-refractivity contribution in [2.75, 3.05) is 40.8 Å². The number of hydrogen-bond donors (Lipinski definition) is 4. The Kier molecular flexibility index (Phi) is 13.2. The van der Waals surface area contributed by atoms with Crippen LogP contribution in [-0.4, -0.2) is 92.6 Å². The highest BCUT2D eigenvalue weighted by Crippen LogP contribution is 2.43. The van der Waals surface area contributed by atoms with E-state index in [1.165, 1.54) is 101 Å². The minimum absolute atomic E-state index is 0.161. The minimum atomic E-state index is -4.80. The molecule has 4 rings (SSSR count). The molecule has 0 bridgehead atoms. The highest BCUT2D eigenvalue weighted by atomic mass is 32.2. The number of hydrogen-bond acceptors (Lipinski definition) is 12. The normalized spacial score (nSPS) is 12.6. The van der Waals surface area contributed by atoms with Crippen molar-refractivity contribution in [2.24, 2.45) is 0 Å². The van der Waals surface area contributed by atoms with Gasteiger partial charge in [0.15, 0.2) is 0 Å². The molecule has 288 valence electrons. The molecule has 0 fully saturated rings. The van der Waals surface area contributed by atoms with Gasteiger partial charge >= 0.3 is 0 Å². The zero-order valence-corrected chi connectivity index (χ0v) is 33.3. The molecule has 4 aromatic carbocycles. The Bertz CT molecular complexity index is 2120. The maximum Gasteiger partial charge on any atom is 0.298 e. The van der Waals surface area contributed by atoms with E-state index in [1.54, 1.807) is 0 Å². The quantitative estimate of drug-likeness (QED) is 0.0934. The fourth-order valence-corrected chi connectivity index (χ4v) is 13.4. The molecule has 53 heavy (non-hydrogen) atoms. The molecule has 4 N–H and O–H groups in total. The van der Waals surface area contributed by atoms with Crippen LogP contribution < -0.4 is 40.2 Å². The molecule has 0 atom stereocenters. The van der Waals surface area contributed by atoms with Crippen molar-refractivity contribution in [2.45, 2.75) is 26.0 Å². The molecular weight excluding hydrogens is 819 g/mol. The molecule has 0 saturated heterocycles. The summed E-state index contributed by atoms with van der Waals surface area (Å²) in [6.45, 7) is 0. The fraction of sp³-hybridized carbons (Fsp3) is 0.226. The van der Waals surface area contributed by atoms with Gasteiger partial charge in [-0.25, -0.2) is 0 Å². The molecule has 4 aromatic rings. The first kappa shape index (κ1) is 42.3. The first-order valence-corrected chi connectivity index (χ1v) is 23.6. The van der Waals surface area contributed by atoms with Gasteiger partial charge in [0.2, 0.25) is 0 Å². The van der Waals surface area contributed by atoms with E-state index in [0.717, 1.165) is 0 Å². The van der Waals surface area contributed by atoms with Crippen molar-refractivity contribution in [3.8, 4) is 23.0 Å². The average Bonchev–Trinajstić information content (AvgIpc) is 3.09. The standard InChI is InChI=1S/C31H34O16P2S4/c1-44-24-10-6-20(16-28(24)50(32,33)34)48(21-7-11-25(45-2)29(17-21)51(35,36)37)14-5-15-49(22-8-12-26(46-3)30(18-22)52(38,39)40)23-9-13-27(47-4)31(19-23)53(41,42)43/h6-13,16-19H,5,14-15H2,1-4H3,(H,32,33,34)(H,35,36,37)(H,38,39,40)(H,41,42,43). The summed E-state index contributed by atoms with van der Waals surface area (Å²) in [6, 6.07) is 16.1. The Morgan fingerprint density at radius 3 is 0.792 bits per heavy atom. The number of benzene rings is 4. The molecule has 0 radical (unpaired) electrons. The molecule has 0 amide bonds. The van der Waals surface area contributed by atoms with Crippen LogP contribution in [0.1, 0.15) is 6.42 Å². The lowest BCUT2D eigenvalue weighted by Crippen LogP contribution is -2.20. The number of ether oxygens (including phenoxy) is 4. The summed E-state index contributed by atoms with van der Waals surface area (Å²) in [7, 11) is -17.8. The summed E-state index contributed by atoms with van der Waals surface area (Å²) in [5.41, 5.74) is 0. The lowest BCUT2D eigenvalue weighted by molar-refractivity contribution is 0.397. The van der Waals surface area contributed by atoms with E-state index < -0.39 is 75.9 Å². The molecule has 0 unspecified atom stereocenters. The lowest BCUT2D eigenvalue weighted by atomic mass is 10.3. The molecule has 16 nitrogen and oxygen atoms in total. The SMILES string of the molecule is COc1ccc(P(CCCP(c2ccc(OC)c(S(=O)(=O)O)c2)c2ccc(OC)c(S(=O)(=O)O)c2)c2ccc(OC)c(S(=O)(=O)O)c2)cc1S(=O)(=O)O. The van der Waals surface area contributed by atoms with Crippen LogP contribution in [0.2, 0.25) is 0 Å². The van der Waals surface area contributed by atoms with Gasteiger partial charge in [-0.15, -0.1) is 0 Å². The van der Waals surface area contributed by atoms with E-state index in [2.05, 4.69) is 0 Å². The number of rotatable bonds is 16. The highest BCUT2D eigenvalue weighted by Gasteiger charge is 2.27. The summed E-state index contributed by atoms with van der Waals surface area (Å²) in [5.74, 6) is -0.643. The predicted octanol–water partition coefficient (Wildman–Crippen LogP) is 2.66. The highest BCUT2D eigenvalue weighted by molar-refractivity contribution is 7.87. The van der Waals surface area contributed by atoms with Crippen LogP contribution >= 0.6 is 15.8 Å². The molecule has 0 aliphatic rings.